The van der Waals surface area contributed by atoms with Gasteiger partial charge in [-0.1, -0.05) is 0 Å². The summed E-state index contributed by atoms with van der Waals surface area (Å²) in [6, 6.07) is 2.32. The van der Waals surface area contributed by atoms with Gasteiger partial charge in [0.1, 0.15) is 5.82 Å². The number of anilines is 2. The Morgan fingerprint density at radius 3 is 2.93 bits per heavy atom. The summed E-state index contributed by atoms with van der Waals surface area (Å²) in [7, 11) is 0. The number of aryl methyl sites for hydroxylation is 1. The molecular formula is C10H17N3S. The number of nitrogens with zero attached hydrogens (tertiary/aromatic N) is 1. The lowest BCUT2D eigenvalue weighted by molar-refractivity contribution is 0.903. The number of nitrogens with one attached hydrogen (secondary N) is 1. The molecule has 1 heterocycles. The van der Waals surface area contributed by atoms with Gasteiger partial charge in [-0.25, -0.2) is 4.98 Å². The lowest BCUT2D eigenvalue weighted by Gasteiger charge is -2.14. The maximum Gasteiger partial charge on any atom is 0.149 e. The van der Waals surface area contributed by atoms with Crippen molar-refractivity contribution in [3.05, 3.63) is 17.8 Å². The van der Waals surface area contributed by atoms with Gasteiger partial charge >= 0.3 is 0 Å². The molecule has 0 aliphatic carbocycles. The van der Waals surface area contributed by atoms with E-state index in [9.17, 15) is 0 Å². The van der Waals surface area contributed by atoms with Crippen LogP contribution in [0.1, 0.15) is 12.5 Å². The van der Waals surface area contributed by atoms with Crippen LogP contribution in [0.3, 0.4) is 0 Å². The van der Waals surface area contributed by atoms with Gasteiger partial charge in [0, 0.05) is 18.0 Å². The molecule has 3 nitrogen and oxygen atoms in total. The highest BCUT2D eigenvalue weighted by molar-refractivity contribution is 7.98. The van der Waals surface area contributed by atoms with E-state index in [1.807, 2.05) is 19.2 Å². The molecular weight excluding hydrogens is 194 g/mol. The van der Waals surface area contributed by atoms with Gasteiger partial charge in [-0.2, -0.15) is 11.8 Å². The highest BCUT2D eigenvalue weighted by Gasteiger charge is 2.04. The second-order valence-electron chi connectivity index (χ2n) is 3.45. The molecule has 1 aromatic heterocycles. The van der Waals surface area contributed by atoms with Crippen molar-refractivity contribution >= 4 is 23.3 Å². The van der Waals surface area contributed by atoms with Gasteiger partial charge in [0.05, 0.1) is 5.69 Å². The summed E-state index contributed by atoms with van der Waals surface area (Å²) in [5, 5.41) is 3.28. The van der Waals surface area contributed by atoms with Crippen LogP contribution in [0.25, 0.3) is 0 Å². The quantitative estimate of drug-likeness (QED) is 0.801. The van der Waals surface area contributed by atoms with Gasteiger partial charge < -0.3 is 11.1 Å². The summed E-state index contributed by atoms with van der Waals surface area (Å²) >= 11 is 1.81. The molecule has 1 unspecified atom stereocenters. The van der Waals surface area contributed by atoms with Crippen molar-refractivity contribution in [3.8, 4) is 0 Å². The standard InChI is InChI=1S/C10H17N3S/c1-7-4-9(11)10(12-5-7)13-8(2)6-14-3/h4-5,8H,6,11H2,1-3H3,(H,12,13). The van der Waals surface area contributed by atoms with E-state index in [-0.39, 0.29) is 0 Å². The van der Waals surface area contributed by atoms with Crippen molar-refractivity contribution < 1.29 is 0 Å². The highest BCUT2D eigenvalue weighted by Crippen LogP contribution is 2.17. The lowest BCUT2D eigenvalue weighted by Crippen LogP contribution is -2.19. The maximum atomic E-state index is 5.83. The van der Waals surface area contributed by atoms with Crippen LogP contribution in [0.5, 0.6) is 0 Å². The Labute approximate surface area is 89.5 Å². The van der Waals surface area contributed by atoms with Gasteiger partial charge in [0.15, 0.2) is 0 Å². The molecule has 0 amide bonds. The number of aromatic nitrogens is 1. The molecule has 78 valence electrons. The van der Waals surface area contributed by atoms with E-state index < -0.39 is 0 Å². The molecule has 0 bridgehead atoms. The van der Waals surface area contributed by atoms with Crippen molar-refractivity contribution in [2.75, 3.05) is 23.1 Å². The number of pyridine rings is 1. The van der Waals surface area contributed by atoms with E-state index in [4.69, 9.17) is 5.73 Å². The lowest BCUT2D eigenvalue weighted by atomic mass is 10.2. The average molecular weight is 211 g/mol. The van der Waals surface area contributed by atoms with Crippen LogP contribution in [0.15, 0.2) is 12.3 Å². The van der Waals surface area contributed by atoms with Gasteiger partial charge in [-0.3, -0.25) is 0 Å². The van der Waals surface area contributed by atoms with Crippen LogP contribution in [-0.2, 0) is 0 Å². The molecule has 0 saturated carbocycles. The molecule has 0 fully saturated rings. The van der Waals surface area contributed by atoms with Crippen molar-refractivity contribution in [1.82, 2.24) is 4.98 Å². The highest BCUT2D eigenvalue weighted by atomic mass is 32.2. The third kappa shape index (κ3) is 3.10. The zero-order valence-electron chi connectivity index (χ0n) is 8.87. The Kier molecular flexibility index (Phi) is 4.07. The molecule has 0 aliphatic rings. The number of nitrogen functional groups attached to an aromatic ring is 1. The number of nitrogens with two attached hydrogens (primary N) is 1. The fourth-order valence-electron chi connectivity index (χ4n) is 1.24. The molecule has 0 aliphatic heterocycles. The number of rotatable bonds is 4. The van der Waals surface area contributed by atoms with Crippen LogP contribution < -0.4 is 11.1 Å². The normalized spacial score (nSPS) is 12.5. The SMILES string of the molecule is CSCC(C)Nc1ncc(C)cc1N. The number of thioether (sulfide) groups is 1. The largest absolute Gasteiger partial charge is 0.396 e. The van der Waals surface area contributed by atoms with Crippen molar-refractivity contribution in [1.29, 1.82) is 0 Å². The van der Waals surface area contributed by atoms with Crippen molar-refractivity contribution in [2.24, 2.45) is 0 Å². The summed E-state index contributed by atoms with van der Waals surface area (Å²) in [6.45, 7) is 4.11. The summed E-state index contributed by atoms with van der Waals surface area (Å²) in [5.41, 5.74) is 7.64. The predicted octanol–water partition coefficient (Wildman–Crippen LogP) is 2.14. The molecule has 0 radical (unpaired) electrons. The minimum absolute atomic E-state index is 0.391. The average Bonchev–Trinajstić information content (AvgIpc) is 2.10. The van der Waals surface area contributed by atoms with E-state index in [0.29, 0.717) is 6.04 Å². The monoisotopic (exact) mass is 211 g/mol. The Morgan fingerprint density at radius 2 is 2.36 bits per heavy atom. The molecule has 1 rings (SSSR count). The predicted molar refractivity (Wildman–Crippen MR) is 64.9 cm³/mol. The van der Waals surface area contributed by atoms with Gasteiger partial charge in [0.2, 0.25) is 0 Å². The second-order valence-corrected chi connectivity index (χ2v) is 4.36. The van der Waals surface area contributed by atoms with E-state index in [1.54, 1.807) is 11.8 Å². The summed E-state index contributed by atoms with van der Waals surface area (Å²) in [5.74, 6) is 1.84. The van der Waals surface area contributed by atoms with Gasteiger partial charge in [-0.05, 0) is 31.7 Å². The first-order chi connectivity index (χ1) is 6.63. The zero-order chi connectivity index (χ0) is 10.6. The molecule has 0 aromatic carbocycles. The van der Waals surface area contributed by atoms with Crippen LogP contribution in [0.2, 0.25) is 0 Å². The molecule has 0 saturated heterocycles. The topological polar surface area (TPSA) is 50.9 Å². The summed E-state index contributed by atoms with van der Waals surface area (Å²) in [6.07, 6.45) is 3.91. The Balaban J connectivity index is 2.67. The fourth-order valence-corrected chi connectivity index (χ4v) is 1.82. The minimum Gasteiger partial charge on any atom is -0.396 e. The first-order valence-corrected chi connectivity index (χ1v) is 6.00. The van der Waals surface area contributed by atoms with Crippen LogP contribution in [0.4, 0.5) is 11.5 Å². The molecule has 1 aromatic rings. The smallest absolute Gasteiger partial charge is 0.149 e. The minimum atomic E-state index is 0.391. The van der Waals surface area contributed by atoms with Crippen molar-refractivity contribution in [3.63, 3.8) is 0 Å². The van der Waals surface area contributed by atoms with E-state index in [1.165, 1.54) is 0 Å². The van der Waals surface area contributed by atoms with E-state index in [2.05, 4.69) is 23.5 Å². The number of hydrogen-bond acceptors (Lipinski definition) is 4. The zero-order valence-corrected chi connectivity index (χ0v) is 9.69. The Hall–Kier alpha value is -0.900. The first kappa shape index (κ1) is 11.2. The third-order valence-electron chi connectivity index (χ3n) is 1.85. The van der Waals surface area contributed by atoms with Gasteiger partial charge in [-0.15, -0.1) is 0 Å². The Morgan fingerprint density at radius 1 is 1.64 bits per heavy atom. The van der Waals surface area contributed by atoms with Crippen LogP contribution in [-0.4, -0.2) is 23.0 Å². The number of hydrogen-bond donors (Lipinski definition) is 2. The summed E-state index contributed by atoms with van der Waals surface area (Å²) < 4.78 is 0. The van der Waals surface area contributed by atoms with E-state index >= 15 is 0 Å². The first-order valence-electron chi connectivity index (χ1n) is 4.61. The molecule has 1 atom stereocenters. The fraction of sp³-hybridized carbons (Fsp3) is 0.500. The van der Waals surface area contributed by atoms with Crippen LogP contribution in [0, 0.1) is 6.92 Å². The van der Waals surface area contributed by atoms with E-state index in [0.717, 1.165) is 22.8 Å². The third-order valence-corrected chi connectivity index (χ3v) is 2.69. The second kappa shape index (κ2) is 5.10. The van der Waals surface area contributed by atoms with Gasteiger partial charge in [0.25, 0.3) is 0 Å². The molecule has 0 spiro atoms. The summed E-state index contributed by atoms with van der Waals surface area (Å²) in [4.78, 5) is 4.25. The Bertz CT molecular complexity index is 301. The maximum absolute atomic E-state index is 5.83. The van der Waals surface area contributed by atoms with Crippen LogP contribution >= 0.6 is 11.8 Å². The molecule has 4 heteroatoms. The molecule has 3 N–H and O–H groups in total. The van der Waals surface area contributed by atoms with Crippen molar-refractivity contribution in [2.45, 2.75) is 19.9 Å². The molecule has 14 heavy (non-hydrogen) atoms.